The number of nitrogens with zero attached hydrogens (tertiary/aromatic N) is 1. The molecule has 1 aliphatic rings. The maximum Gasteiger partial charge on any atom is 0.373 e. The minimum atomic E-state index is -0.441. The monoisotopic (exact) mass is 327 g/mol. The van der Waals surface area contributed by atoms with Crippen LogP contribution in [0.15, 0.2) is 34.7 Å². The number of furan rings is 1. The van der Waals surface area contributed by atoms with Crippen molar-refractivity contribution in [3.8, 4) is 0 Å². The summed E-state index contributed by atoms with van der Waals surface area (Å²) in [6, 6.07) is 10.2. The largest absolute Gasteiger partial charge is 0.463 e. The van der Waals surface area contributed by atoms with Crippen LogP contribution in [0, 0.1) is 6.92 Å². The second-order valence-corrected chi connectivity index (χ2v) is 7.32. The highest BCUT2D eigenvalue weighted by Crippen LogP contribution is 2.44. The number of aryl methyl sites for hydroxylation is 1. The van der Waals surface area contributed by atoms with E-state index in [1.165, 1.54) is 23.9 Å². The lowest BCUT2D eigenvalue weighted by molar-refractivity contribution is 0.0563. The molecule has 0 amide bonds. The number of hydrogen-bond donors (Lipinski definition) is 0. The molecule has 2 aromatic rings. The summed E-state index contributed by atoms with van der Waals surface area (Å²) in [5, 5.41) is 0. The van der Waals surface area contributed by atoms with E-state index in [1.807, 2.05) is 6.07 Å². The van der Waals surface area contributed by atoms with Crippen LogP contribution in [0.2, 0.25) is 0 Å². The zero-order chi connectivity index (χ0) is 17.5. The standard InChI is InChI=1S/C20H25NO3/c1-13-6-8-17-16(10-13)14(2)11-20(3,4)21(17)12-15-7-9-18(24-15)19(22)23-5/h6-10,14H,11-12H2,1-5H3/t14-/m1/s1. The lowest BCUT2D eigenvalue weighted by atomic mass is 9.79. The molecule has 24 heavy (non-hydrogen) atoms. The first-order chi connectivity index (χ1) is 11.3. The predicted molar refractivity (Wildman–Crippen MR) is 94.5 cm³/mol. The second-order valence-electron chi connectivity index (χ2n) is 7.32. The van der Waals surface area contributed by atoms with Gasteiger partial charge in [0.25, 0.3) is 0 Å². The topological polar surface area (TPSA) is 42.7 Å². The van der Waals surface area contributed by atoms with Crippen molar-refractivity contribution in [1.82, 2.24) is 0 Å². The molecular weight excluding hydrogens is 302 g/mol. The van der Waals surface area contributed by atoms with Gasteiger partial charge in [-0.3, -0.25) is 0 Å². The van der Waals surface area contributed by atoms with Gasteiger partial charge in [-0.2, -0.15) is 0 Å². The summed E-state index contributed by atoms with van der Waals surface area (Å²) < 4.78 is 10.4. The number of carbonyl (C=O) groups is 1. The molecule has 1 aromatic heterocycles. The first-order valence-corrected chi connectivity index (χ1v) is 8.37. The lowest BCUT2D eigenvalue weighted by Crippen LogP contribution is -2.47. The van der Waals surface area contributed by atoms with Gasteiger partial charge in [-0.15, -0.1) is 0 Å². The molecule has 0 radical (unpaired) electrons. The average Bonchev–Trinajstić information content (AvgIpc) is 2.99. The van der Waals surface area contributed by atoms with Crippen molar-refractivity contribution in [3.63, 3.8) is 0 Å². The molecule has 0 saturated carbocycles. The zero-order valence-corrected chi connectivity index (χ0v) is 15.1. The smallest absolute Gasteiger partial charge is 0.373 e. The van der Waals surface area contributed by atoms with Gasteiger partial charge in [-0.25, -0.2) is 4.79 Å². The number of benzene rings is 1. The van der Waals surface area contributed by atoms with Crippen LogP contribution in [0.25, 0.3) is 0 Å². The maximum absolute atomic E-state index is 11.6. The fourth-order valence-electron chi connectivity index (χ4n) is 3.74. The second kappa shape index (κ2) is 6.00. The van der Waals surface area contributed by atoms with Gasteiger partial charge >= 0.3 is 5.97 Å². The van der Waals surface area contributed by atoms with Gasteiger partial charge in [0.15, 0.2) is 0 Å². The number of ether oxygens (including phenoxy) is 1. The molecule has 3 rings (SSSR count). The summed E-state index contributed by atoms with van der Waals surface area (Å²) in [5.74, 6) is 1.10. The number of rotatable bonds is 3. The molecule has 0 saturated heterocycles. The van der Waals surface area contributed by atoms with Gasteiger partial charge in [-0.05, 0) is 56.9 Å². The van der Waals surface area contributed by atoms with Crippen LogP contribution in [-0.4, -0.2) is 18.6 Å². The van der Waals surface area contributed by atoms with E-state index in [0.29, 0.717) is 12.5 Å². The maximum atomic E-state index is 11.6. The molecule has 0 fully saturated rings. The van der Waals surface area contributed by atoms with Crippen molar-refractivity contribution >= 4 is 11.7 Å². The van der Waals surface area contributed by atoms with E-state index in [2.05, 4.69) is 50.8 Å². The van der Waals surface area contributed by atoms with Crippen LogP contribution in [0.5, 0.6) is 0 Å². The highest BCUT2D eigenvalue weighted by molar-refractivity contribution is 5.86. The van der Waals surface area contributed by atoms with E-state index in [-0.39, 0.29) is 11.3 Å². The Morgan fingerprint density at radius 3 is 2.79 bits per heavy atom. The molecule has 0 aliphatic carbocycles. The molecule has 0 bridgehead atoms. The molecule has 1 aliphatic heterocycles. The Morgan fingerprint density at radius 1 is 1.33 bits per heavy atom. The third-order valence-electron chi connectivity index (χ3n) is 4.90. The van der Waals surface area contributed by atoms with Gasteiger partial charge in [0.2, 0.25) is 5.76 Å². The Kier molecular flexibility index (Phi) is 4.16. The number of methoxy groups -OCH3 is 1. The zero-order valence-electron chi connectivity index (χ0n) is 15.1. The van der Waals surface area contributed by atoms with Crippen LogP contribution in [0.4, 0.5) is 5.69 Å². The van der Waals surface area contributed by atoms with Crippen LogP contribution >= 0.6 is 0 Å². The lowest BCUT2D eigenvalue weighted by Gasteiger charge is -2.47. The molecule has 0 N–H and O–H groups in total. The molecule has 4 nitrogen and oxygen atoms in total. The fraction of sp³-hybridized carbons (Fsp3) is 0.450. The Bertz CT molecular complexity index is 760. The molecule has 0 unspecified atom stereocenters. The van der Waals surface area contributed by atoms with E-state index in [4.69, 9.17) is 9.15 Å². The van der Waals surface area contributed by atoms with Crippen molar-refractivity contribution in [3.05, 3.63) is 53.0 Å². The minimum absolute atomic E-state index is 0.0138. The highest BCUT2D eigenvalue weighted by atomic mass is 16.5. The van der Waals surface area contributed by atoms with Crippen LogP contribution in [0.3, 0.4) is 0 Å². The summed E-state index contributed by atoms with van der Waals surface area (Å²) in [7, 11) is 1.36. The van der Waals surface area contributed by atoms with Gasteiger partial charge in [0.05, 0.1) is 13.7 Å². The summed E-state index contributed by atoms with van der Waals surface area (Å²) in [6.07, 6.45) is 1.08. The van der Waals surface area contributed by atoms with Crippen molar-refractivity contribution in [1.29, 1.82) is 0 Å². The van der Waals surface area contributed by atoms with E-state index >= 15 is 0 Å². The predicted octanol–water partition coefficient (Wildman–Crippen LogP) is 4.67. The van der Waals surface area contributed by atoms with E-state index < -0.39 is 5.97 Å². The Balaban J connectivity index is 1.95. The quantitative estimate of drug-likeness (QED) is 0.769. The number of fused-ring (bicyclic) bond motifs is 1. The van der Waals surface area contributed by atoms with Crippen LogP contribution in [-0.2, 0) is 11.3 Å². The number of hydrogen-bond acceptors (Lipinski definition) is 4. The summed E-state index contributed by atoms with van der Waals surface area (Å²) >= 11 is 0. The molecule has 128 valence electrons. The normalized spacial score (nSPS) is 19.0. The molecule has 4 heteroatoms. The number of anilines is 1. The van der Waals surface area contributed by atoms with Crippen molar-refractivity contribution in [2.45, 2.75) is 52.1 Å². The third-order valence-corrected chi connectivity index (χ3v) is 4.90. The average molecular weight is 327 g/mol. The number of carbonyl (C=O) groups excluding carboxylic acids is 1. The molecule has 1 atom stereocenters. The van der Waals surface area contributed by atoms with E-state index in [9.17, 15) is 4.79 Å². The van der Waals surface area contributed by atoms with Gasteiger partial charge in [-0.1, -0.05) is 24.6 Å². The SMILES string of the molecule is COC(=O)c1ccc(CN2c3ccc(C)cc3[C@H](C)CC2(C)C)o1. The van der Waals surface area contributed by atoms with Gasteiger partial charge < -0.3 is 14.1 Å². The molecule has 2 heterocycles. The van der Waals surface area contributed by atoms with E-state index in [0.717, 1.165) is 12.2 Å². The fourth-order valence-corrected chi connectivity index (χ4v) is 3.74. The Labute approximate surface area is 143 Å². The highest BCUT2D eigenvalue weighted by Gasteiger charge is 2.36. The van der Waals surface area contributed by atoms with Crippen LogP contribution in [0.1, 0.15) is 60.6 Å². The van der Waals surface area contributed by atoms with Crippen LogP contribution < -0.4 is 4.90 Å². The molecule has 0 spiro atoms. The summed E-state index contributed by atoms with van der Waals surface area (Å²) in [4.78, 5) is 14.0. The van der Waals surface area contributed by atoms with Gasteiger partial charge in [0.1, 0.15) is 5.76 Å². The van der Waals surface area contributed by atoms with Crippen molar-refractivity contribution in [2.75, 3.05) is 12.0 Å². The van der Waals surface area contributed by atoms with Gasteiger partial charge in [0, 0.05) is 11.2 Å². The van der Waals surface area contributed by atoms with Crippen molar-refractivity contribution in [2.24, 2.45) is 0 Å². The summed E-state index contributed by atoms with van der Waals surface area (Å²) in [5.41, 5.74) is 3.93. The summed E-state index contributed by atoms with van der Waals surface area (Å²) in [6.45, 7) is 9.57. The Morgan fingerprint density at radius 2 is 2.08 bits per heavy atom. The number of esters is 1. The minimum Gasteiger partial charge on any atom is -0.463 e. The Hall–Kier alpha value is -2.23. The van der Waals surface area contributed by atoms with Crippen molar-refractivity contribution < 1.29 is 13.9 Å². The first-order valence-electron chi connectivity index (χ1n) is 8.37. The molecular formula is C20H25NO3. The molecule has 1 aromatic carbocycles. The third kappa shape index (κ3) is 2.93. The van der Waals surface area contributed by atoms with E-state index in [1.54, 1.807) is 6.07 Å². The first kappa shape index (κ1) is 16.6.